The average Bonchev–Trinajstić information content (AvgIpc) is 4.05. The molecular weight excluding hydrogens is 663 g/mol. The maximum absolute atomic E-state index is 2.73. The van der Waals surface area contributed by atoms with Gasteiger partial charge in [-0.15, -0.1) is 0 Å². The topological polar surface area (TPSA) is 6.48 Å². The van der Waals surface area contributed by atoms with Crippen LogP contribution in [0.2, 0.25) is 0 Å². The molecule has 3 heteroatoms. The Hall–Kier alpha value is -5.80. The number of hydrogen-bond acceptors (Lipinski definition) is 2. The number of rotatable bonds is 2. The van der Waals surface area contributed by atoms with E-state index in [-0.39, 0.29) is 17.5 Å². The molecule has 2 spiro atoms. The summed E-state index contributed by atoms with van der Waals surface area (Å²) in [5.41, 5.74) is 24.2. The summed E-state index contributed by atoms with van der Waals surface area (Å²) in [6.45, 7) is 0.0996. The van der Waals surface area contributed by atoms with Crippen LogP contribution >= 0.6 is 0 Å². The molecule has 2 aliphatic heterocycles. The molecule has 13 rings (SSSR count). The fourth-order valence-corrected chi connectivity index (χ4v) is 12.8. The molecule has 0 bridgehead atoms. The molecule has 0 radical (unpaired) electrons. The third kappa shape index (κ3) is 3.73. The first-order valence-electron chi connectivity index (χ1n) is 20.7. The number of nitrogens with zero attached hydrogens (tertiary/aromatic N) is 2. The highest BCUT2D eigenvalue weighted by molar-refractivity contribution is 7.01. The van der Waals surface area contributed by atoms with Gasteiger partial charge in [-0.3, -0.25) is 0 Å². The van der Waals surface area contributed by atoms with Crippen LogP contribution in [0.5, 0.6) is 0 Å². The minimum absolute atomic E-state index is 0.0360. The molecule has 0 saturated heterocycles. The molecule has 55 heavy (non-hydrogen) atoms. The minimum atomic E-state index is 0.0360. The van der Waals surface area contributed by atoms with Crippen LogP contribution < -0.4 is 26.2 Å². The van der Waals surface area contributed by atoms with Gasteiger partial charge in [-0.1, -0.05) is 135 Å². The molecule has 262 valence electrons. The molecule has 2 heterocycles. The lowest BCUT2D eigenvalue weighted by atomic mass is 9.32. The third-order valence-corrected chi connectivity index (χ3v) is 14.7. The number of hydrogen-bond donors (Lipinski definition) is 0. The number of para-hydroxylation sites is 2. The molecule has 0 aromatic heterocycles. The van der Waals surface area contributed by atoms with E-state index in [1.165, 1.54) is 130 Å². The van der Waals surface area contributed by atoms with Gasteiger partial charge in [-0.05, 0) is 129 Å². The van der Waals surface area contributed by atoms with Gasteiger partial charge in [-0.2, -0.15) is 0 Å². The molecular formula is C52H41BN2. The lowest BCUT2D eigenvalue weighted by Gasteiger charge is -2.45. The first kappa shape index (κ1) is 30.5. The van der Waals surface area contributed by atoms with E-state index in [2.05, 4.69) is 161 Å². The Morgan fingerprint density at radius 2 is 0.945 bits per heavy atom. The number of fused-ring (bicyclic) bond motifs is 15. The molecule has 2 saturated carbocycles. The summed E-state index contributed by atoms with van der Waals surface area (Å²) in [4.78, 5) is 5.27. The zero-order valence-electron chi connectivity index (χ0n) is 31.1. The first-order valence-corrected chi connectivity index (χ1v) is 20.7. The molecule has 2 fully saturated rings. The summed E-state index contributed by atoms with van der Waals surface area (Å²) in [6.07, 6.45) is 10.0. The van der Waals surface area contributed by atoms with E-state index in [1.54, 1.807) is 16.7 Å². The van der Waals surface area contributed by atoms with E-state index in [1.807, 2.05) is 0 Å². The van der Waals surface area contributed by atoms with Crippen molar-refractivity contribution in [1.82, 2.24) is 0 Å². The molecule has 7 aromatic carbocycles. The van der Waals surface area contributed by atoms with Crippen LogP contribution in [0, 0.1) is 0 Å². The van der Waals surface area contributed by atoms with E-state index in [4.69, 9.17) is 0 Å². The lowest BCUT2D eigenvalue weighted by molar-refractivity contribution is 0.550. The zero-order valence-corrected chi connectivity index (χ0v) is 31.1. The van der Waals surface area contributed by atoms with E-state index in [0.717, 1.165) is 0 Å². The average molecular weight is 705 g/mol. The second-order valence-electron chi connectivity index (χ2n) is 17.0. The van der Waals surface area contributed by atoms with Gasteiger partial charge in [0, 0.05) is 39.3 Å². The van der Waals surface area contributed by atoms with Gasteiger partial charge < -0.3 is 9.80 Å². The quantitative estimate of drug-likeness (QED) is 0.165. The number of benzene rings is 7. The second kappa shape index (κ2) is 10.9. The van der Waals surface area contributed by atoms with Crippen molar-refractivity contribution in [1.29, 1.82) is 0 Å². The Morgan fingerprint density at radius 3 is 1.75 bits per heavy atom. The molecule has 0 amide bonds. The summed E-state index contributed by atoms with van der Waals surface area (Å²) in [7, 11) is 0. The standard InChI is InChI=1S/C52H41BN2/c1-2-16-34(17-3-1)54-42-24-9-8-23-41(42)53-49-44(54)26-15-27-45(49)55(43-25-14-20-36-35-18-4-6-21-38(35)52(48(36)43)32-12-13-33-52)46-29-28-40-47(50(46)53)37-19-5-7-22-39(37)51(40)30-10-11-31-51/h1-9,14-29H,10-13,30-33H2. The molecule has 2 nitrogen and oxygen atoms in total. The van der Waals surface area contributed by atoms with E-state index in [9.17, 15) is 0 Å². The molecule has 0 atom stereocenters. The fraction of sp³-hybridized carbons (Fsp3) is 0.192. The Bertz CT molecular complexity index is 2750. The smallest absolute Gasteiger partial charge is 0.252 e. The van der Waals surface area contributed by atoms with E-state index >= 15 is 0 Å². The predicted octanol–water partition coefficient (Wildman–Crippen LogP) is 11.5. The van der Waals surface area contributed by atoms with Gasteiger partial charge in [0.15, 0.2) is 0 Å². The number of anilines is 6. The van der Waals surface area contributed by atoms with Gasteiger partial charge >= 0.3 is 0 Å². The third-order valence-electron chi connectivity index (χ3n) is 14.7. The minimum Gasteiger partial charge on any atom is -0.311 e. The van der Waals surface area contributed by atoms with Crippen LogP contribution in [0.15, 0.2) is 152 Å². The summed E-state index contributed by atoms with van der Waals surface area (Å²) in [5.74, 6) is 0. The van der Waals surface area contributed by atoms with Crippen LogP contribution in [-0.2, 0) is 10.8 Å². The highest BCUT2D eigenvalue weighted by atomic mass is 15.2. The van der Waals surface area contributed by atoms with Gasteiger partial charge in [0.25, 0.3) is 6.71 Å². The Kier molecular flexibility index (Phi) is 6.06. The maximum Gasteiger partial charge on any atom is 0.252 e. The monoisotopic (exact) mass is 704 g/mol. The van der Waals surface area contributed by atoms with Crippen molar-refractivity contribution in [2.45, 2.75) is 62.2 Å². The molecule has 0 N–H and O–H groups in total. The van der Waals surface area contributed by atoms with Gasteiger partial charge in [0.1, 0.15) is 0 Å². The van der Waals surface area contributed by atoms with Crippen LogP contribution in [0.3, 0.4) is 0 Å². The Balaban J connectivity index is 1.17. The van der Waals surface area contributed by atoms with Crippen molar-refractivity contribution in [3.8, 4) is 22.3 Å². The lowest BCUT2D eigenvalue weighted by Crippen LogP contribution is -2.62. The zero-order chi connectivity index (χ0) is 35.9. The molecule has 6 aliphatic rings. The molecule has 7 aromatic rings. The van der Waals surface area contributed by atoms with Gasteiger partial charge in [-0.25, -0.2) is 0 Å². The maximum atomic E-state index is 2.73. The largest absolute Gasteiger partial charge is 0.311 e. The van der Waals surface area contributed by atoms with Crippen molar-refractivity contribution >= 4 is 57.2 Å². The molecule has 4 aliphatic carbocycles. The van der Waals surface area contributed by atoms with Crippen molar-refractivity contribution in [2.75, 3.05) is 9.80 Å². The van der Waals surface area contributed by atoms with Gasteiger partial charge in [0.05, 0.1) is 5.69 Å². The van der Waals surface area contributed by atoms with E-state index in [0.29, 0.717) is 0 Å². The first-order chi connectivity index (χ1) is 27.3. The normalized spacial score (nSPS) is 18.1. The molecule has 0 unspecified atom stereocenters. The Morgan fingerprint density at radius 1 is 0.382 bits per heavy atom. The Labute approximate surface area is 324 Å². The van der Waals surface area contributed by atoms with Crippen LogP contribution in [0.4, 0.5) is 34.1 Å². The van der Waals surface area contributed by atoms with Crippen molar-refractivity contribution in [3.63, 3.8) is 0 Å². The van der Waals surface area contributed by atoms with Crippen molar-refractivity contribution in [2.24, 2.45) is 0 Å². The van der Waals surface area contributed by atoms with Crippen LogP contribution in [0.1, 0.15) is 73.6 Å². The highest BCUT2D eigenvalue weighted by Crippen LogP contribution is 2.62. The van der Waals surface area contributed by atoms with Crippen molar-refractivity contribution in [3.05, 3.63) is 174 Å². The summed E-state index contributed by atoms with van der Waals surface area (Å²) >= 11 is 0. The summed E-state index contributed by atoms with van der Waals surface area (Å²) < 4.78 is 0. The van der Waals surface area contributed by atoms with Gasteiger partial charge in [0.2, 0.25) is 0 Å². The second-order valence-corrected chi connectivity index (χ2v) is 17.0. The van der Waals surface area contributed by atoms with Crippen LogP contribution in [-0.4, -0.2) is 6.71 Å². The van der Waals surface area contributed by atoms with Crippen molar-refractivity contribution < 1.29 is 0 Å². The summed E-state index contributed by atoms with van der Waals surface area (Å²) in [6, 6.07) is 58.6. The summed E-state index contributed by atoms with van der Waals surface area (Å²) in [5, 5.41) is 0. The predicted molar refractivity (Wildman–Crippen MR) is 230 cm³/mol. The highest BCUT2D eigenvalue weighted by Gasteiger charge is 2.52. The van der Waals surface area contributed by atoms with E-state index < -0.39 is 0 Å². The fourth-order valence-electron chi connectivity index (χ4n) is 12.8. The van der Waals surface area contributed by atoms with Crippen LogP contribution in [0.25, 0.3) is 22.3 Å². The SMILES string of the molecule is c1ccc(N2c3ccccc3B3c4c2cccc4N(c2cccc4c2C2(CCCC2)c2ccccc2-4)c2ccc4c(c23)-c2ccccc2C42CCCC2)cc1.